The van der Waals surface area contributed by atoms with Gasteiger partial charge < -0.3 is 5.32 Å². The Kier molecular flexibility index (Phi) is 7.92. The van der Waals surface area contributed by atoms with Crippen molar-refractivity contribution in [3.63, 3.8) is 0 Å². The average Bonchev–Trinajstić information content (AvgIpc) is 2.60. The number of sulfonamides is 1. The topological polar surface area (TPSA) is 66.5 Å². The Bertz CT molecular complexity index is 683. The van der Waals surface area contributed by atoms with Crippen molar-refractivity contribution in [3.05, 3.63) is 29.3 Å². The molecule has 1 aliphatic rings. The van der Waals surface area contributed by atoms with Crippen LogP contribution in [0.3, 0.4) is 0 Å². The van der Waals surface area contributed by atoms with E-state index < -0.39 is 10.0 Å². The van der Waals surface area contributed by atoms with Gasteiger partial charge in [0.25, 0.3) is 0 Å². The van der Waals surface area contributed by atoms with E-state index in [0.717, 1.165) is 38.5 Å². The SMILES string of the molecule is CC(C)CCNC(=O)CN(C1CCCCC1)S(=O)(=O)c1ccc(Cl)cc1. The number of nitrogens with one attached hydrogen (secondary N) is 1. The van der Waals surface area contributed by atoms with E-state index in [-0.39, 0.29) is 23.4 Å². The summed E-state index contributed by atoms with van der Waals surface area (Å²) in [5.41, 5.74) is 0. The highest BCUT2D eigenvalue weighted by atomic mass is 35.5. The van der Waals surface area contributed by atoms with Crippen molar-refractivity contribution >= 4 is 27.5 Å². The molecule has 1 N–H and O–H groups in total. The summed E-state index contributed by atoms with van der Waals surface area (Å²) in [5.74, 6) is 0.247. The summed E-state index contributed by atoms with van der Waals surface area (Å²) < 4.78 is 27.7. The van der Waals surface area contributed by atoms with Crippen LogP contribution in [-0.4, -0.2) is 37.8 Å². The summed E-state index contributed by atoms with van der Waals surface area (Å²) in [4.78, 5) is 12.6. The molecule has 0 aliphatic heterocycles. The highest BCUT2D eigenvalue weighted by molar-refractivity contribution is 7.89. The first-order chi connectivity index (χ1) is 12.3. The number of halogens is 1. The van der Waals surface area contributed by atoms with Crippen LogP contribution in [-0.2, 0) is 14.8 Å². The van der Waals surface area contributed by atoms with Crippen LogP contribution in [0.4, 0.5) is 0 Å². The fourth-order valence-corrected chi connectivity index (χ4v) is 4.99. The molecule has 7 heteroatoms. The van der Waals surface area contributed by atoms with E-state index in [4.69, 9.17) is 11.6 Å². The van der Waals surface area contributed by atoms with Crippen LogP contribution in [0.25, 0.3) is 0 Å². The summed E-state index contributed by atoms with van der Waals surface area (Å²) in [7, 11) is -3.74. The van der Waals surface area contributed by atoms with Gasteiger partial charge in [0.2, 0.25) is 15.9 Å². The lowest BCUT2D eigenvalue weighted by Crippen LogP contribution is -2.47. The molecule has 1 amide bonds. The van der Waals surface area contributed by atoms with Crippen molar-refractivity contribution in [1.29, 1.82) is 0 Å². The van der Waals surface area contributed by atoms with E-state index in [9.17, 15) is 13.2 Å². The molecule has 0 radical (unpaired) electrons. The maximum absolute atomic E-state index is 13.2. The van der Waals surface area contributed by atoms with Gasteiger partial charge in [-0.05, 0) is 49.4 Å². The van der Waals surface area contributed by atoms with Crippen molar-refractivity contribution in [2.75, 3.05) is 13.1 Å². The van der Waals surface area contributed by atoms with Gasteiger partial charge in [-0.3, -0.25) is 4.79 Å². The molecular weight excluding hydrogens is 372 g/mol. The molecule has 1 aliphatic carbocycles. The van der Waals surface area contributed by atoms with Gasteiger partial charge in [0.1, 0.15) is 0 Å². The fourth-order valence-electron chi connectivity index (χ4n) is 3.22. The second kappa shape index (κ2) is 9.72. The van der Waals surface area contributed by atoms with Crippen LogP contribution in [0.2, 0.25) is 5.02 Å². The molecule has 1 saturated carbocycles. The molecule has 0 atom stereocenters. The molecule has 0 aromatic heterocycles. The molecule has 146 valence electrons. The monoisotopic (exact) mass is 400 g/mol. The highest BCUT2D eigenvalue weighted by Crippen LogP contribution is 2.28. The molecule has 0 spiro atoms. The third-order valence-corrected chi connectivity index (χ3v) is 6.91. The van der Waals surface area contributed by atoms with E-state index in [1.54, 1.807) is 12.1 Å². The Morgan fingerprint density at radius 2 is 1.81 bits per heavy atom. The Labute approximate surface area is 162 Å². The minimum atomic E-state index is -3.74. The average molecular weight is 401 g/mol. The maximum Gasteiger partial charge on any atom is 0.243 e. The molecule has 0 bridgehead atoms. The summed E-state index contributed by atoms with van der Waals surface area (Å²) in [6, 6.07) is 6.01. The van der Waals surface area contributed by atoms with Gasteiger partial charge in [0.15, 0.2) is 0 Å². The van der Waals surface area contributed by atoms with Crippen LogP contribution >= 0.6 is 11.6 Å². The lowest BCUT2D eigenvalue weighted by atomic mass is 9.95. The van der Waals surface area contributed by atoms with Crippen LogP contribution in [0.1, 0.15) is 52.4 Å². The van der Waals surface area contributed by atoms with E-state index in [2.05, 4.69) is 19.2 Å². The number of hydrogen-bond acceptors (Lipinski definition) is 3. The van der Waals surface area contributed by atoms with E-state index in [1.807, 2.05) is 0 Å². The zero-order chi connectivity index (χ0) is 19.2. The molecule has 0 saturated heterocycles. The first-order valence-electron chi connectivity index (χ1n) is 9.35. The number of nitrogens with zero attached hydrogens (tertiary/aromatic N) is 1. The molecule has 1 aromatic carbocycles. The van der Waals surface area contributed by atoms with Crippen molar-refractivity contribution in [3.8, 4) is 0 Å². The standard InChI is InChI=1S/C19H29ClN2O3S/c1-15(2)12-13-21-19(23)14-22(17-6-4-3-5-7-17)26(24,25)18-10-8-16(20)9-11-18/h8-11,15,17H,3-7,12-14H2,1-2H3,(H,21,23). The van der Waals surface area contributed by atoms with Gasteiger partial charge in [-0.1, -0.05) is 44.7 Å². The molecular formula is C19H29ClN2O3S. The largest absolute Gasteiger partial charge is 0.355 e. The van der Waals surface area contributed by atoms with Crippen molar-refractivity contribution in [2.24, 2.45) is 5.92 Å². The number of hydrogen-bond donors (Lipinski definition) is 1. The minimum absolute atomic E-state index is 0.125. The Hall–Kier alpha value is -1.11. The first kappa shape index (κ1) is 21.2. The van der Waals surface area contributed by atoms with Crippen molar-refractivity contribution in [2.45, 2.75) is 63.3 Å². The molecule has 1 aromatic rings. The third kappa shape index (κ3) is 5.96. The van der Waals surface area contributed by atoms with Crippen molar-refractivity contribution in [1.82, 2.24) is 9.62 Å². The summed E-state index contributed by atoms with van der Waals surface area (Å²) in [6.45, 7) is 4.61. The number of amides is 1. The second-order valence-electron chi connectivity index (χ2n) is 7.33. The van der Waals surface area contributed by atoms with Gasteiger partial charge in [0, 0.05) is 17.6 Å². The normalized spacial score (nSPS) is 16.2. The van der Waals surface area contributed by atoms with Crippen LogP contribution in [0.5, 0.6) is 0 Å². The fraction of sp³-hybridized carbons (Fsp3) is 0.632. The van der Waals surface area contributed by atoms with E-state index in [1.165, 1.54) is 16.4 Å². The molecule has 26 heavy (non-hydrogen) atoms. The Balaban J connectivity index is 2.17. The number of carbonyl (C=O) groups excluding carboxylic acids is 1. The van der Waals surface area contributed by atoms with Gasteiger partial charge in [0.05, 0.1) is 11.4 Å². The van der Waals surface area contributed by atoms with Gasteiger partial charge in [-0.15, -0.1) is 0 Å². The van der Waals surface area contributed by atoms with Crippen LogP contribution in [0.15, 0.2) is 29.2 Å². The zero-order valence-corrected chi connectivity index (χ0v) is 17.2. The highest BCUT2D eigenvalue weighted by Gasteiger charge is 2.33. The minimum Gasteiger partial charge on any atom is -0.355 e. The second-order valence-corrected chi connectivity index (χ2v) is 9.66. The molecule has 1 fully saturated rings. The summed E-state index contributed by atoms with van der Waals surface area (Å²) in [5, 5.41) is 3.34. The number of carbonyl (C=O) groups is 1. The predicted octanol–water partition coefficient (Wildman–Crippen LogP) is 3.83. The Morgan fingerprint density at radius 3 is 2.38 bits per heavy atom. The predicted molar refractivity (Wildman–Crippen MR) is 105 cm³/mol. The summed E-state index contributed by atoms with van der Waals surface area (Å²) >= 11 is 5.88. The molecule has 2 rings (SSSR count). The maximum atomic E-state index is 13.2. The van der Waals surface area contributed by atoms with Crippen molar-refractivity contribution < 1.29 is 13.2 Å². The number of benzene rings is 1. The van der Waals surface area contributed by atoms with Gasteiger partial charge in [-0.25, -0.2) is 8.42 Å². The molecule has 0 heterocycles. The van der Waals surface area contributed by atoms with E-state index >= 15 is 0 Å². The number of rotatable bonds is 8. The van der Waals surface area contributed by atoms with Crippen LogP contribution < -0.4 is 5.32 Å². The summed E-state index contributed by atoms with van der Waals surface area (Å²) in [6.07, 6.45) is 5.57. The van der Waals surface area contributed by atoms with Gasteiger partial charge in [-0.2, -0.15) is 4.31 Å². The first-order valence-corrected chi connectivity index (χ1v) is 11.2. The lowest BCUT2D eigenvalue weighted by molar-refractivity contribution is -0.121. The quantitative estimate of drug-likeness (QED) is 0.721. The smallest absolute Gasteiger partial charge is 0.243 e. The van der Waals surface area contributed by atoms with Crippen LogP contribution in [0, 0.1) is 5.92 Å². The third-order valence-electron chi connectivity index (χ3n) is 4.75. The lowest BCUT2D eigenvalue weighted by Gasteiger charge is -2.33. The zero-order valence-electron chi connectivity index (χ0n) is 15.6. The molecule has 5 nitrogen and oxygen atoms in total. The Morgan fingerprint density at radius 1 is 1.19 bits per heavy atom. The van der Waals surface area contributed by atoms with Gasteiger partial charge >= 0.3 is 0 Å². The van der Waals surface area contributed by atoms with E-state index in [0.29, 0.717) is 17.5 Å². The molecule has 0 unspecified atom stereocenters.